The second-order valence-corrected chi connectivity index (χ2v) is 5.37. The summed E-state index contributed by atoms with van der Waals surface area (Å²) in [6.45, 7) is 0. The van der Waals surface area contributed by atoms with Gasteiger partial charge in [-0.2, -0.15) is 0 Å². The third kappa shape index (κ3) is 3.37. The van der Waals surface area contributed by atoms with E-state index in [4.69, 9.17) is 28.9 Å². The molecule has 19 heavy (non-hydrogen) atoms. The molecular formula is C12H8BrCl2N3O. The Labute approximate surface area is 128 Å². The average Bonchev–Trinajstić information content (AvgIpc) is 2.37. The van der Waals surface area contributed by atoms with E-state index in [0.717, 1.165) is 4.47 Å². The van der Waals surface area contributed by atoms with Gasteiger partial charge in [-0.3, -0.25) is 4.79 Å². The van der Waals surface area contributed by atoms with Crippen molar-refractivity contribution in [2.75, 3.05) is 11.1 Å². The summed E-state index contributed by atoms with van der Waals surface area (Å²) in [5.41, 5.74) is 6.36. The molecule has 98 valence electrons. The molecular weight excluding hydrogens is 353 g/mol. The van der Waals surface area contributed by atoms with Gasteiger partial charge in [-0.25, -0.2) is 4.98 Å². The van der Waals surface area contributed by atoms with Gasteiger partial charge in [0.1, 0.15) is 5.82 Å². The summed E-state index contributed by atoms with van der Waals surface area (Å²) >= 11 is 15.0. The van der Waals surface area contributed by atoms with E-state index >= 15 is 0 Å². The van der Waals surface area contributed by atoms with Crippen LogP contribution in [0.1, 0.15) is 10.4 Å². The fourth-order valence-electron chi connectivity index (χ4n) is 1.36. The van der Waals surface area contributed by atoms with Crippen LogP contribution >= 0.6 is 39.1 Å². The second kappa shape index (κ2) is 5.77. The van der Waals surface area contributed by atoms with Crippen LogP contribution in [0.2, 0.25) is 10.0 Å². The first-order valence-electron chi connectivity index (χ1n) is 5.15. The molecule has 1 amide bonds. The molecule has 2 rings (SSSR count). The van der Waals surface area contributed by atoms with Crippen LogP contribution in [0.15, 0.2) is 34.9 Å². The van der Waals surface area contributed by atoms with Crippen molar-refractivity contribution in [3.8, 4) is 0 Å². The van der Waals surface area contributed by atoms with Crippen molar-refractivity contribution in [3.05, 3.63) is 50.5 Å². The van der Waals surface area contributed by atoms with E-state index in [2.05, 4.69) is 26.2 Å². The van der Waals surface area contributed by atoms with Crippen molar-refractivity contribution in [2.45, 2.75) is 0 Å². The molecule has 0 saturated heterocycles. The number of halogens is 3. The van der Waals surface area contributed by atoms with Crippen LogP contribution in [0.3, 0.4) is 0 Å². The van der Waals surface area contributed by atoms with E-state index in [-0.39, 0.29) is 16.7 Å². The quantitative estimate of drug-likeness (QED) is 0.850. The van der Waals surface area contributed by atoms with Crippen molar-refractivity contribution in [1.29, 1.82) is 0 Å². The topological polar surface area (TPSA) is 68.0 Å². The van der Waals surface area contributed by atoms with Crippen molar-refractivity contribution in [1.82, 2.24) is 4.98 Å². The molecule has 1 heterocycles. The standard InChI is InChI=1S/C12H8BrCl2N3O/c13-8-2-1-7(14)4-10(8)18-12(19)6-3-9(15)11(16)17-5-6/h1-5H,(H2,16,17)(H,18,19). The van der Waals surface area contributed by atoms with Crippen LogP contribution in [0.4, 0.5) is 11.5 Å². The van der Waals surface area contributed by atoms with Gasteiger partial charge in [0.15, 0.2) is 0 Å². The van der Waals surface area contributed by atoms with Gasteiger partial charge in [0.05, 0.1) is 16.3 Å². The summed E-state index contributed by atoms with van der Waals surface area (Å²) in [6.07, 6.45) is 1.36. The number of anilines is 2. The van der Waals surface area contributed by atoms with Crippen LogP contribution < -0.4 is 11.1 Å². The average molecular weight is 361 g/mol. The number of amides is 1. The largest absolute Gasteiger partial charge is 0.382 e. The van der Waals surface area contributed by atoms with Gasteiger partial charge in [0, 0.05) is 15.7 Å². The van der Waals surface area contributed by atoms with Crippen LogP contribution in [0.5, 0.6) is 0 Å². The molecule has 0 radical (unpaired) electrons. The highest BCUT2D eigenvalue weighted by Crippen LogP contribution is 2.26. The fourth-order valence-corrected chi connectivity index (χ4v) is 2.04. The van der Waals surface area contributed by atoms with Crippen molar-refractivity contribution in [3.63, 3.8) is 0 Å². The number of nitrogens with zero attached hydrogens (tertiary/aromatic N) is 1. The molecule has 0 spiro atoms. The fraction of sp³-hybridized carbons (Fsp3) is 0. The van der Waals surface area contributed by atoms with E-state index < -0.39 is 0 Å². The lowest BCUT2D eigenvalue weighted by Crippen LogP contribution is -2.13. The molecule has 0 aliphatic carbocycles. The van der Waals surface area contributed by atoms with Gasteiger partial charge in [-0.05, 0) is 40.2 Å². The Morgan fingerprint density at radius 3 is 2.74 bits per heavy atom. The number of nitrogens with one attached hydrogen (secondary N) is 1. The van der Waals surface area contributed by atoms with Crippen molar-refractivity contribution >= 4 is 56.5 Å². The lowest BCUT2D eigenvalue weighted by Gasteiger charge is -2.08. The van der Waals surface area contributed by atoms with Crippen molar-refractivity contribution in [2.24, 2.45) is 0 Å². The number of pyridine rings is 1. The van der Waals surface area contributed by atoms with Crippen molar-refractivity contribution < 1.29 is 4.79 Å². The summed E-state index contributed by atoms with van der Waals surface area (Å²) in [6, 6.07) is 6.54. The highest BCUT2D eigenvalue weighted by atomic mass is 79.9. The zero-order valence-electron chi connectivity index (χ0n) is 9.45. The number of hydrogen-bond donors (Lipinski definition) is 2. The minimum absolute atomic E-state index is 0.183. The SMILES string of the molecule is Nc1ncc(C(=O)Nc2cc(Cl)ccc2Br)cc1Cl. The predicted octanol–water partition coefficient (Wildman–Crippen LogP) is 3.99. The highest BCUT2D eigenvalue weighted by Gasteiger charge is 2.11. The van der Waals surface area contributed by atoms with E-state index in [1.807, 2.05) is 0 Å². The molecule has 0 fully saturated rings. The van der Waals surface area contributed by atoms with Crippen LogP contribution in [-0.4, -0.2) is 10.9 Å². The highest BCUT2D eigenvalue weighted by molar-refractivity contribution is 9.10. The Balaban J connectivity index is 2.25. The first-order chi connectivity index (χ1) is 8.97. The number of nitrogens with two attached hydrogens (primary N) is 1. The van der Waals surface area contributed by atoms with E-state index in [0.29, 0.717) is 16.3 Å². The number of carbonyl (C=O) groups is 1. The maximum Gasteiger partial charge on any atom is 0.257 e. The zero-order valence-corrected chi connectivity index (χ0v) is 12.6. The Kier molecular flexibility index (Phi) is 4.29. The van der Waals surface area contributed by atoms with Gasteiger partial charge in [-0.1, -0.05) is 23.2 Å². The van der Waals surface area contributed by atoms with E-state index in [1.165, 1.54) is 12.3 Å². The van der Waals surface area contributed by atoms with E-state index in [9.17, 15) is 4.79 Å². The second-order valence-electron chi connectivity index (χ2n) is 3.67. The summed E-state index contributed by atoms with van der Waals surface area (Å²) in [5, 5.41) is 3.46. The Morgan fingerprint density at radius 2 is 2.05 bits per heavy atom. The molecule has 4 nitrogen and oxygen atoms in total. The molecule has 1 aromatic heterocycles. The van der Waals surface area contributed by atoms with Crippen LogP contribution in [0, 0.1) is 0 Å². The van der Waals surface area contributed by atoms with Gasteiger partial charge in [0.2, 0.25) is 0 Å². The normalized spacial score (nSPS) is 10.3. The van der Waals surface area contributed by atoms with Gasteiger partial charge in [0.25, 0.3) is 5.91 Å². The first-order valence-corrected chi connectivity index (χ1v) is 6.69. The zero-order chi connectivity index (χ0) is 14.0. The maximum atomic E-state index is 12.0. The molecule has 0 bridgehead atoms. The third-order valence-corrected chi connectivity index (χ3v) is 3.54. The predicted molar refractivity (Wildman–Crippen MR) is 80.8 cm³/mol. The van der Waals surface area contributed by atoms with Gasteiger partial charge in [-0.15, -0.1) is 0 Å². The number of aromatic nitrogens is 1. The number of hydrogen-bond acceptors (Lipinski definition) is 3. The number of carbonyl (C=O) groups excluding carboxylic acids is 1. The van der Waals surface area contributed by atoms with Crippen LogP contribution in [0.25, 0.3) is 0 Å². The number of benzene rings is 1. The Bertz CT molecular complexity index is 649. The minimum Gasteiger partial charge on any atom is -0.382 e. The third-order valence-electron chi connectivity index (χ3n) is 2.31. The molecule has 3 N–H and O–H groups in total. The Morgan fingerprint density at radius 1 is 1.32 bits per heavy atom. The van der Waals surface area contributed by atoms with Gasteiger partial charge < -0.3 is 11.1 Å². The lowest BCUT2D eigenvalue weighted by molar-refractivity contribution is 0.102. The monoisotopic (exact) mass is 359 g/mol. The summed E-state index contributed by atoms with van der Waals surface area (Å²) in [7, 11) is 0. The maximum absolute atomic E-state index is 12.0. The van der Waals surface area contributed by atoms with Crippen LogP contribution in [-0.2, 0) is 0 Å². The molecule has 0 unspecified atom stereocenters. The number of nitrogen functional groups attached to an aromatic ring is 1. The minimum atomic E-state index is -0.350. The summed E-state index contributed by atoms with van der Waals surface area (Å²) in [4.78, 5) is 15.9. The molecule has 0 aliphatic heterocycles. The summed E-state index contributed by atoms with van der Waals surface area (Å²) < 4.78 is 0.722. The molecule has 2 aromatic rings. The summed E-state index contributed by atoms with van der Waals surface area (Å²) in [5.74, 6) is -0.167. The number of rotatable bonds is 2. The first kappa shape index (κ1) is 14.1. The van der Waals surface area contributed by atoms with Gasteiger partial charge >= 0.3 is 0 Å². The lowest BCUT2D eigenvalue weighted by atomic mass is 10.2. The smallest absolute Gasteiger partial charge is 0.257 e. The molecule has 0 aliphatic rings. The molecule has 0 saturated carbocycles. The molecule has 7 heteroatoms. The van der Waals surface area contributed by atoms with E-state index in [1.54, 1.807) is 18.2 Å². The Hall–Kier alpha value is -1.30. The molecule has 0 atom stereocenters. The molecule has 1 aromatic carbocycles.